The highest BCUT2D eigenvalue weighted by molar-refractivity contribution is 7.11. The molecule has 0 spiro atoms. The first-order valence-corrected chi connectivity index (χ1v) is 7.31. The summed E-state index contributed by atoms with van der Waals surface area (Å²) in [6.07, 6.45) is 2.76. The highest BCUT2D eigenvalue weighted by Crippen LogP contribution is 2.27. The second-order valence-electron chi connectivity index (χ2n) is 5.04. The van der Waals surface area contributed by atoms with Crippen LogP contribution in [0.4, 0.5) is 0 Å². The van der Waals surface area contributed by atoms with Crippen molar-refractivity contribution in [2.24, 2.45) is 0 Å². The zero-order chi connectivity index (χ0) is 13.1. The van der Waals surface area contributed by atoms with E-state index in [-0.39, 0.29) is 6.42 Å². The molecule has 2 rings (SSSR count). The average molecular weight is 268 g/mol. The third kappa shape index (κ3) is 3.29. The van der Waals surface area contributed by atoms with E-state index in [0.717, 1.165) is 30.9 Å². The number of hydrogen-bond donors (Lipinski definition) is 1. The molecule has 5 heteroatoms. The molecule has 18 heavy (non-hydrogen) atoms. The molecule has 0 radical (unpaired) electrons. The van der Waals surface area contributed by atoms with Crippen LogP contribution in [0.3, 0.4) is 0 Å². The van der Waals surface area contributed by atoms with E-state index in [2.05, 4.69) is 23.7 Å². The highest BCUT2D eigenvalue weighted by Gasteiger charge is 2.21. The number of aromatic nitrogens is 1. The third-order valence-corrected chi connectivity index (χ3v) is 4.46. The third-order valence-electron chi connectivity index (χ3n) is 3.32. The van der Waals surface area contributed by atoms with Gasteiger partial charge in [-0.15, -0.1) is 11.3 Å². The number of thiazole rings is 1. The fourth-order valence-corrected chi connectivity index (χ4v) is 3.39. The maximum atomic E-state index is 10.5. The Bertz CT molecular complexity index is 429. The van der Waals surface area contributed by atoms with Gasteiger partial charge < -0.3 is 5.11 Å². The molecule has 1 aliphatic heterocycles. The standard InChI is InChI=1S/C13H20N2O2S/c1-9(2)15-7-6-10-11(8-15)18-12(14-10)4-3-5-13(16)17/h9H,3-8H2,1-2H3,(H,16,17). The van der Waals surface area contributed by atoms with Crippen LogP contribution in [0, 0.1) is 0 Å². The van der Waals surface area contributed by atoms with Gasteiger partial charge >= 0.3 is 5.97 Å². The number of carboxylic acid groups (broad SMARTS) is 1. The lowest BCUT2D eigenvalue weighted by molar-refractivity contribution is -0.137. The largest absolute Gasteiger partial charge is 0.481 e. The maximum Gasteiger partial charge on any atom is 0.303 e. The van der Waals surface area contributed by atoms with Gasteiger partial charge in [0.15, 0.2) is 0 Å². The van der Waals surface area contributed by atoms with Crippen molar-refractivity contribution in [1.82, 2.24) is 9.88 Å². The molecule has 0 saturated heterocycles. The highest BCUT2D eigenvalue weighted by atomic mass is 32.1. The summed E-state index contributed by atoms with van der Waals surface area (Å²) in [5.74, 6) is -0.720. The molecule has 0 saturated carbocycles. The lowest BCUT2D eigenvalue weighted by Gasteiger charge is -2.29. The molecule has 2 heterocycles. The van der Waals surface area contributed by atoms with Gasteiger partial charge in [-0.2, -0.15) is 0 Å². The lowest BCUT2D eigenvalue weighted by atomic mass is 10.1. The van der Waals surface area contributed by atoms with Crippen LogP contribution in [-0.4, -0.2) is 33.5 Å². The number of hydrogen-bond acceptors (Lipinski definition) is 4. The fourth-order valence-electron chi connectivity index (χ4n) is 2.21. The monoisotopic (exact) mass is 268 g/mol. The first-order valence-electron chi connectivity index (χ1n) is 6.49. The van der Waals surface area contributed by atoms with E-state index >= 15 is 0 Å². The van der Waals surface area contributed by atoms with E-state index in [1.807, 2.05) is 0 Å². The molecule has 0 bridgehead atoms. The molecule has 1 N–H and O–H groups in total. The summed E-state index contributed by atoms with van der Waals surface area (Å²) in [5, 5.41) is 9.73. The van der Waals surface area contributed by atoms with Crippen molar-refractivity contribution >= 4 is 17.3 Å². The van der Waals surface area contributed by atoms with Crippen LogP contribution in [0.1, 0.15) is 42.3 Å². The molecule has 1 aromatic heterocycles. The molecule has 0 amide bonds. The van der Waals surface area contributed by atoms with Gasteiger partial charge in [0.2, 0.25) is 0 Å². The van der Waals surface area contributed by atoms with Crippen molar-refractivity contribution in [3.8, 4) is 0 Å². The van der Waals surface area contributed by atoms with Crippen LogP contribution in [0.15, 0.2) is 0 Å². The minimum atomic E-state index is -0.720. The summed E-state index contributed by atoms with van der Waals surface area (Å²) < 4.78 is 0. The average Bonchev–Trinajstić information content (AvgIpc) is 2.69. The summed E-state index contributed by atoms with van der Waals surface area (Å²) in [6.45, 7) is 6.53. The zero-order valence-electron chi connectivity index (χ0n) is 11.0. The molecule has 0 unspecified atom stereocenters. The van der Waals surface area contributed by atoms with E-state index in [4.69, 9.17) is 5.11 Å². The Labute approximate surface area is 112 Å². The molecule has 0 atom stereocenters. The van der Waals surface area contributed by atoms with E-state index in [0.29, 0.717) is 12.5 Å². The molecular weight excluding hydrogens is 248 g/mol. The fraction of sp³-hybridized carbons (Fsp3) is 0.692. The zero-order valence-corrected chi connectivity index (χ0v) is 11.8. The number of rotatable bonds is 5. The smallest absolute Gasteiger partial charge is 0.303 e. The maximum absolute atomic E-state index is 10.5. The number of carbonyl (C=O) groups is 1. The summed E-state index contributed by atoms with van der Waals surface area (Å²) >= 11 is 1.76. The number of carboxylic acids is 1. The molecule has 1 aliphatic rings. The van der Waals surface area contributed by atoms with Gasteiger partial charge in [0.05, 0.1) is 10.7 Å². The molecule has 1 aromatic rings. The normalized spacial score (nSPS) is 15.9. The Morgan fingerprint density at radius 1 is 1.56 bits per heavy atom. The molecular formula is C13H20N2O2S. The quantitative estimate of drug-likeness (QED) is 0.890. The molecule has 0 aromatic carbocycles. The van der Waals surface area contributed by atoms with E-state index in [1.165, 1.54) is 10.6 Å². The van der Waals surface area contributed by atoms with Crippen molar-refractivity contribution in [3.05, 3.63) is 15.6 Å². The summed E-state index contributed by atoms with van der Waals surface area (Å²) in [5.41, 5.74) is 1.24. The first kappa shape index (κ1) is 13.5. The van der Waals surface area contributed by atoms with Crippen molar-refractivity contribution in [2.45, 2.75) is 52.1 Å². The van der Waals surface area contributed by atoms with E-state index < -0.39 is 5.97 Å². The number of fused-ring (bicyclic) bond motifs is 1. The van der Waals surface area contributed by atoms with Crippen molar-refractivity contribution in [3.63, 3.8) is 0 Å². The van der Waals surface area contributed by atoms with Crippen molar-refractivity contribution in [2.75, 3.05) is 6.54 Å². The van der Waals surface area contributed by atoms with Gasteiger partial charge in [0.1, 0.15) is 0 Å². The van der Waals surface area contributed by atoms with Crippen LogP contribution in [-0.2, 0) is 24.2 Å². The topological polar surface area (TPSA) is 53.4 Å². The van der Waals surface area contributed by atoms with Gasteiger partial charge in [-0.05, 0) is 26.7 Å². The Kier molecular flexibility index (Phi) is 4.35. The van der Waals surface area contributed by atoms with Crippen molar-refractivity contribution in [1.29, 1.82) is 0 Å². The first-order chi connectivity index (χ1) is 8.56. The Hall–Kier alpha value is -0.940. The van der Waals surface area contributed by atoms with Gasteiger partial charge in [0, 0.05) is 36.9 Å². The molecule has 100 valence electrons. The Morgan fingerprint density at radius 3 is 3.00 bits per heavy atom. The van der Waals surface area contributed by atoms with Gasteiger partial charge in [-0.25, -0.2) is 4.98 Å². The number of aryl methyl sites for hydroxylation is 1. The van der Waals surface area contributed by atoms with Gasteiger partial charge in [-0.1, -0.05) is 0 Å². The Morgan fingerprint density at radius 2 is 2.33 bits per heavy atom. The Balaban J connectivity index is 1.95. The van der Waals surface area contributed by atoms with Crippen molar-refractivity contribution < 1.29 is 9.90 Å². The molecule has 0 aliphatic carbocycles. The molecule has 4 nitrogen and oxygen atoms in total. The van der Waals surface area contributed by atoms with Crippen LogP contribution >= 0.6 is 11.3 Å². The summed E-state index contributed by atoms with van der Waals surface area (Å²) in [6, 6.07) is 0.579. The van der Waals surface area contributed by atoms with E-state index in [1.54, 1.807) is 11.3 Å². The second kappa shape index (κ2) is 5.80. The number of nitrogens with zero attached hydrogens (tertiary/aromatic N) is 2. The summed E-state index contributed by atoms with van der Waals surface area (Å²) in [4.78, 5) is 19.0. The SMILES string of the molecule is CC(C)N1CCc2nc(CCCC(=O)O)sc2C1. The van der Waals surface area contributed by atoms with Gasteiger partial charge in [-0.3, -0.25) is 9.69 Å². The minimum Gasteiger partial charge on any atom is -0.481 e. The predicted molar refractivity (Wildman–Crippen MR) is 71.9 cm³/mol. The predicted octanol–water partition coefficient (Wildman–Crippen LogP) is 2.32. The lowest BCUT2D eigenvalue weighted by Crippen LogP contribution is -2.35. The summed E-state index contributed by atoms with van der Waals surface area (Å²) in [7, 11) is 0. The van der Waals surface area contributed by atoms with Crippen LogP contribution in [0.25, 0.3) is 0 Å². The van der Waals surface area contributed by atoms with Crippen LogP contribution < -0.4 is 0 Å². The minimum absolute atomic E-state index is 0.238. The van der Waals surface area contributed by atoms with Crippen LogP contribution in [0.5, 0.6) is 0 Å². The molecule has 0 fully saturated rings. The number of aliphatic carboxylic acids is 1. The van der Waals surface area contributed by atoms with Crippen LogP contribution in [0.2, 0.25) is 0 Å². The van der Waals surface area contributed by atoms with E-state index in [9.17, 15) is 4.79 Å². The second-order valence-corrected chi connectivity index (χ2v) is 6.21. The van der Waals surface area contributed by atoms with Gasteiger partial charge in [0.25, 0.3) is 0 Å².